The highest BCUT2D eigenvalue weighted by Crippen LogP contribution is 2.40. The first-order chi connectivity index (χ1) is 53.9. The van der Waals surface area contributed by atoms with E-state index in [0.29, 0.717) is 94.5 Å². The minimum absolute atomic E-state index is 0.0209. The quantitative estimate of drug-likeness (QED) is 0.0301. The third kappa shape index (κ3) is 17.7. The molecule has 0 spiro atoms. The van der Waals surface area contributed by atoms with Gasteiger partial charge in [0.15, 0.2) is 0 Å². The van der Waals surface area contributed by atoms with E-state index in [9.17, 15) is 52.8 Å². The predicted octanol–water partition coefficient (Wildman–Crippen LogP) is 10.8. The number of rotatable bonds is 22. The molecule has 4 aliphatic rings. The predicted molar refractivity (Wildman–Crippen MR) is 416 cm³/mol. The Bertz CT molecular complexity index is 5320. The number of nitrogens with two attached hydrogens (primary N) is 1. The summed E-state index contributed by atoms with van der Waals surface area (Å²) in [5.41, 5.74) is 16.9. The number of pyridine rings is 1. The van der Waals surface area contributed by atoms with Gasteiger partial charge in [0.25, 0.3) is 0 Å². The molecule has 4 unspecified atom stereocenters. The zero-order valence-electron chi connectivity index (χ0n) is 60.1. The standard InChI is InChI=1S/C21H20ClN3O2.C21H22N4O4S.C20H20N4O2.C20H19N3O4S/c22-16-8-6-15(7-9-16)20-18-12-25(13-19(18)23-24-20)21(27)17(10-11-26)14-4-2-1-3-5-14;22-30(28,29)16-8-6-15(7-9-16)20-18-12-25(13-19(18)23-24-20)21(27)17(10-11-26)14-4-2-1-3-5-14;25-10-8-16(14-5-2-1-3-6-14)20(26)24-12-17-18(13-24)22-23-19(17)15-7-4-9-21-11-15;24-9-8-13(12-4-2-1-3-5-12)19(25)23-10-14-15(11-23)21-22-18(14)16-6-7-17(28-16)20(26)27/h1-9,17,26H,10-13H2,(H,23,24);1-9,17,26H,10-13H2,(H,23,24)(H2,22,28,29);1-7,9,11,16,25H,8,10,12-13H2,(H,22,23);1-7,13,24H,8-11H2,(H,21,22)(H,26,27). The summed E-state index contributed by atoms with van der Waals surface area (Å²) >= 11 is 7.14. The monoisotopic (exact) mass is 1550 g/mol. The number of aromatic amines is 4. The van der Waals surface area contributed by atoms with Crippen LogP contribution in [0.1, 0.15) is 126 Å². The molecule has 570 valence electrons. The van der Waals surface area contributed by atoms with Crippen molar-refractivity contribution in [2.45, 2.75) is 107 Å². The summed E-state index contributed by atoms with van der Waals surface area (Å²) < 4.78 is 22.9. The maximum Gasteiger partial charge on any atom is 0.345 e. The zero-order valence-corrected chi connectivity index (χ0v) is 62.5. The molecule has 0 fully saturated rings. The number of carboxylic acid groups (broad SMARTS) is 1. The van der Waals surface area contributed by atoms with Crippen LogP contribution >= 0.6 is 22.9 Å². The molecule has 12 aromatic rings. The molecule has 16 rings (SSSR count). The van der Waals surface area contributed by atoms with E-state index in [1.54, 1.807) is 46.5 Å². The minimum atomic E-state index is -3.76. The van der Waals surface area contributed by atoms with Gasteiger partial charge in [-0.15, -0.1) is 11.3 Å². The van der Waals surface area contributed by atoms with Gasteiger partial charge in [0, 0.05) is 82.8 Å². The molecule has 0 saturated carbocycles. The number of aromatic carboxylic acids is 1. The van der Waals surface area contributed by atoms with Crippen LogP contribution in [0.15, 0.2) is 211 Å². The van der Waals surface area contributed by atoms with Crippen molar-refractivity contribution in [3.63, 3.8) is 0 Å². The molecule has 11 N–H and O–H groups in total. The smallest absolute Gasteiger partial charge is 0.345 e. The van der Waals surface area contributed by atoms with E-state index in [0.717, 1.165) is 100 Å². The second-order valence-corrected chi connectivity index (χ2v) is 30.2. The van der Waals surface area contributed by atoms with Gasteiger partial charge < -0.3 is 45.1 Å². The number of nitrogens with one attached hydrogen (secondary N) is 4. The van der Waals surface area contributed by atoms with Crippen LogP contribution in [-0.4, -0.2) is 155 Å². The molecule has 0 bridgehead atoms. The van der Waals surface area contributed by atoms with E-state index >= 15 is 0 Å². The van der Waals surface area contributed by atoms with Crippen LogP contribution in [0.5, 0.6) is 0 Å². The molecular weight excluding hydrogens is 1470 g/mol. The third-order valence-electron chi connectivity index (χ3n) is 20.1. The number of sulfonamides is 1. The number of amides is 4. The van der Waals surface area contributed by atoms with Gasteiger partial charge in [0.05, 0.1) is 126 Å². The highest BCUT2D eigenvalue weighted by molar-refractivity contribution is 7.89. The Labute approximate surface area is 648 Å². The lowest BCUT2D eigenvalue weighted by atomic mass is 9.94. The SMILES string of the molecule is NS(=O)(=O)c1ccc(-c2n[nH]c3c2CN(C(=O)C(CCO)c2ccccc2)C3)cc1.O=C(C(CCO)c1ccccc1)N1Cc2[nH]nc(-c3ccc(Cl)cc3)c2C1.O=C(C(CCO)c1ccccc1)N1Cc2[nH]nc(-c3cccnc3)c2C1.O=C(O)c1ccc(-c2n[nH]c3c2CN(C(=O)C(CCO)c2ccccc2)C3)s1. The van der Waals surface area contributed by atoms with E-state index < -0.39 is 27.8 Å². The largest absolute Gasteiger partial charge is 0.477 e. The highest BCUT2D eigenvalue weighted by atomic mass is 35.5. The number of aliphatic hydroxyl groups is 4. The van der Waals surface area contributed by atoms with Gasteiger partial charge in [-0.3, -0.25) is 44.6 Å². The minimum Gasteiger partial charge on any atom is -0.477 e. The first-order valence-corrected chi connectivity index (χ1v) is 38.8. The molecule has 0 radical (unpaired) electrons. The van der Waals surface area contributed by atoms with Crippen LogP contribution in [0.4, 0.5) is 0 Å². The number of carbonyl (C=O) groups is 5. The van der Waals surface area contributed by atoms with Gasteiger partial charge in [-0.2, -0.15) is 20.4 Å². The Kier molecular flexibility index (Phi) is 24.7. The van der Waals surface area contributed by atoms with E-state index in [-0.39, 0.29) is 71.7 Å². The topological polar surface area (TPSA) is 387 Å². The zero-order chi connectivity index (χ0) is 77.7. The number of carboxylic acids is 1. The fraction of sp³-hybridized carbons (Fsp3) is 0.244. The van der Waals surface area contributed by atoms with Crippen molar-refractivity contribution in [2.75, 3.05) is 26.4 Å². The van der Waals surface area contributed by atoms with E-state index in [1.165, 1.54) is 23.5 Å². The molecule has 6 aromatic carbocycles. The fourth-order valence-electron chi connectivity index (χ4n) is 14.5. The Morgan fingerprint density at radius 2 is 0.739 bits per heavy atom. The van der Waals surface area contributed by atoms with Crippen LogP contribution in [0, 0.1) is 0 Å². The summed E-state index contributed by atoms with van der Waals surface area (Å²) in [6.45, 7) is 3.49. The fourth-order valence-corrected chi connectivity index (χ4v) is 16.0. The van der Waals surface area contributed by atoms with Crippen LogP contribution in [-0.2, 0) is 81.6 Å². The lowest BCUT2D eigenvalue weighted by Crippen LogP contribution is -2.31. The molecule has 0 saturated heterocycles. The number of hydrogen-bond donors (Lipinski definition) is 10. The molecule has 4 atom stereocenters. The number of thiophene rings is 1. The van der Waals surface area contributed by atoms with Crippen molar-refractivity contribution in [1.29, 1.82) is 0 Å². The molecule has 6 aromatic heterocycles. The van der Waals surface area contributed by atoms with Crippen molar-refractivity contribution >= 4 is 62.6 Å². The molecular formula is C82H81ClN14O12S2. The Hall–Kier alpha value is -11.6. The summed E-state index contributed by atoms with van der Waals surface area (Å²) in [6.07, 6.45) is 5.06. The van der Waals surface area contributed by atoms with E-state index in [4.69, 9.17) is 21.8 Å². The Morgan fingerprint density at radius 1 is 0.414 bits per heavy atom. The molecule has 0 aliphatic carbocycles. The van der Waals surface area contributed by atoms with Crippen LogP contribution in [0.3, 0.4) is 0 Å². The van der Waals surface area contributed by atoms with Gasteiger partial charge in [-0.05, 0) is 96.5 Å². The van der Waals surface area contributed by atoms with Crippen molar-refractivity contribution in [1.82, 2.24) is 65.4 Å². The summed E-state index contributed by atoms with van der Waals surface area (Å²) in [4.78, 5) is 76.1. The number of benzene rings is 6. The van der Waals surface area contributed by atoms with Gasteiger partial charge in [-0.1, -0.05) is 157 Å². The van der Waals surface area contributed by atoms with Crippen molar-refractivity contribution in [3.05, 3.63) is 284 Å². The lowest BCUT2D eigenvalue weighted by Gasteiger charge is -2.23. The van der Waals surface area contributed by atoms with Crippen LogP contribution in [0.25, 0.3) is 44.3 Å². The Morgan fingerprint density at radius 3 is 1.05 bits per heavy atom. The van der Waals surface area contributed by atoms with Gasteiger partial charge >= 0.3 is 5.97 Å². The second-order valence-electron chi connectivity index (χ2n) is 27.1. The average Bonchev–Trinajstić information content (AvgIpc) is 1.65. The lowest BCUT2D eigenvalue weighted by molar-refractivity contribution is -0.134. The number of hydrogen-bond acceptors (Lipinski definition) is 17. The summed E-state index contributed by atoms with van der Waals surface area (Å²) in [7, 11) is -3.76. The normalized spacial score (nSPS) is 14.3. The number of nitrogens with zero attached hydrogens (tertiary/aromatic N) is 9. The number of halogens is 1. The van der Waals surface area contributed by atoms with Crippen molar-refractivity contribution in [2.24, 2.45) is 5.14 Å². The molecule has 10 heterocycles. The number of H-pyrrole nitrogens is 4. The number of primary sulfonamides is 1. The average molecular weight is 1550 g/mol. The maximum atomic E-state index is 13.2. The van der Waals surface area contributed by atoms with E-state index in [2.05, 4.69) is 45.8 Å². The third-order valence-corrected chi connectivity index (χ3v) is 22.3. The van der Waals surface area contributed by atoms with Crippen LogP contribution in [0.2, 0.25) is 5.02 Å². The van der Waals surface area contributed by atoms with Gasteiger partial charge in [0.1, 0.15) is 10.6 Å². The summed E-state index contributed by atoms with van der Waals surface area (Å²) in [6, 6.07) is 59.1. The first kappa shape index (κ1) is 77.6. The highest BCUT2D eigenvalue weighted by Gasteiger charge is 2.38. The van der Waals surface area contributed by atoms with Crippen LogP contribution < -0.4 is 5.14 Å². The number of carbonyl (C=O) groups excluding carboxylic acids is 4. The maximum absolute atomic E-state index is 13.2. The molecule has 111 heavy (non-hydrogen) atoms. The molecule has 29 heteroatoms. The van der Waals surface area contributed by atoms with Crippen molar-refractivity contribution < 1.29 is 57.9 Å². The van der Waals surface area contributed by atoms with Gasteiger partial charge in [0.2, 0.25) is 33.7 Å². The first-order valence-electron chi connectivity index (χ1n) is 36.1. The summed E-state index contributed by atoms with van der Waals surface area (Å²) in [5.74, 6) is -2.46. The number of aliphatic hydroxyl groups excluding tert-OH is 4. The molecule has 4 aliphatic heterocycles. The second kappa shape index (κ2) is 35.4. The Balaban J connectivity index is 0.000000130. The molecule has 26 nitrogen and oxygen atoms in total. The summed E-state index contributed by atoms with van der Waals surface area (Å²) in [5, 5.41) is 82.3. The van der Waals surface area contributed by atoms with E-state index in [1.807, 2.05) is 168 Å². The molecule has 4 amide bonds. The number of fused-ring (bicyclic) bond motifs is 4. The number of aromatic nitrogens is 9. The van der Waals surface area contributed by atoms with Gasteiger partial charge in [-0.25, -0.2) is 18.4 Å². The van der Waals surface area contributed by atoms with Crippen molar-refractivity contribution in [3.8, 4) is 44.3 Å².